The normalized spacial score (nSPS) is 17.4. The molecule has 0 amide bonds. The Bertz CT molecular complexity index is 1380. The topological polar surface area (TPSA) is 147 Å². The maximum Gasteiger partial charge on any atom is 0.462 e. The summed E-state index contributed by atoms with van der Waals surface area (Å²) in [5.74, 6) is -31.6. The van der Waals surface area contributed by atoms with E-state index in [1.165, 1.54) is 0 Å². The third-order valence-corrected chi connectivity index (χ3v) is 6.43. The molecule has 0 radical (unpaired) electrons. The first-order chi connectivity index (χ1) is 23.5. The van der Waals surface area contributed by atoms with E-state index in [9.17, 15) is 119 Å². The van der Waals surface area contributed by atoms with Crippen LogP contribution >= 0.6 is 0 Å². The second-order valence-corrected chi connectivity index (χ2v) is 11.1. The standard InChI is InChI=1S/C20H16F22O11S/c21-11(15(27,28)29,52-19(39,40)13(23,24)17(33,34)35)6-48-1-3-50-9(43)5-8(54(45,46)47)10(44)51-4-2-49-7-12(22,16(30,31)32)53-20(41,42)14(25,26)18(36,37)38/h8H,1-7H2,(H,45,46,47)/p-1. The molecule has 0 fully saturated rings. The van der Waals surface area contributed by atoms with E-state index < -0.39 is 134 Å². The Hall–Kier alpha value is -2.85. The highest BCUT2D eigenvalue weighted by Gasteiger charge is 2.79. The van der Waals surface area contributed by atoms with Gasteiger partial charge in [0.05, 0.1) is 19.6 Å². The number of rotatable bonds is 20. The second-order valence-electron chi connectivity index (χ2n) is 9.51. The smallest absolute Gasteiger partial charge is 0.462 e. The van der Waals surface area contributed by atoms with E-state index in [4.69, 9.17) is 0 Å². The Balaban J connectivity index is 5.34. The largest absolute Gasteiger partial charge is 0.747 e. The van der Waals surface area contributed by atoms with Gasteiger partial charge in [0.25, 0.3) is 0 Å². The van der Waals surface area contributed by atoms with E-state index in [1.54, 1.807) is 0 Å². The van der Waals surface area contributed by atoms with Crippen LogP contribution in [-0.2, 0) is 48.1 Å². The van der Waals surface area contributed by atoms with Crippen LogP contribution in [0.4, 0.5) is 96.6 Å². The lowest BCUT2D eigenvalue weighted by molar-refractivity contribution is -0.486. The van der Waals surface area contributed by atoms with Gasteiger partial charge in [0.15, 0.2) is 5.25 Å². The summed E-state index contributed by atoms with van der Waals surface area (Å²) in [4.78, 5) is 23.6. The number of carbonyl (C=O) groups excluding carboxylic acids is 2. The highest BCUT2D eigenvalue weighted by atomic mass is 32.2. The molecule has 3 unspecified atom stereocenters. The van der Waals surface area contributed by atoms with Gasteiger partial charge in [-0.15, -0.1) is 0 Å². The van der Waals surface area contributed by atoms with Gasteiger partial charge in [-0.1, -0.05) is 0 Å². The van der Waals surface area contributed by atoms with Gasteiger partial charge in [-0.25, -0.2) is 8.42 Å². The molecular weight excluding hydrogens is 866 g/mol. The van der Waals surface area contributed by atoms with Gasteiger partial charge in [-0.3, -0.25) is 19.1 Å². The minimum absolute atomic E-state index is 1.56. The van der Waals surface area contributed by atoms with Crippen LogP contribution in [0.5, 0.6) is 0 Å². The molecule has 0 spiro atoms. The molecule has 54 heavy (non-hydrogen) atoms. The van der Waals surface area contributed by atoms with Gasteiger partial charge in [0.1, 0.15) is 36.5 Å². The van der Waals surface area contributed by atoms with Crippen molar-refractivity contribution in [2.45, 2.75) is 72.1 Å². The van der Waals surface area contributed by atoms with Crippen molar-refractivity contribution in [3.8, 4) is 0 Å². The molecule has 0 saturated heterocycles. The first kappa shape index (κ1) is 51.1. The molecule has 0 aliphatic carbocycles. The minimum atomic E-state index is -7.43. The van der Waals surface area contributed by atoms with Gasteiger partial charge in [-0.05, 0) is 0 Å². The first-order valence-electron chi connectivity index (χ1n) is 12.5. The monoisotopic (exact) mass is 881 g/mol. The third kappa shape index (κ3) is 12.6. The zero-order chi connectivity index (χ0) is 43.4. The van der Waals surface area contributed by atoms with Crippen molar-refractivity contribution < 1.29 is 148 Å². The van der Waals surface area contributed by atoms with Crippen LogP contribution in [0.15, 0.2) is 0 Å². The maximum atomic E-state index is 14.0. The Kier molecular flexibility index (Phi) is 15.8. The van der Waals surface area contributed by atoms with Gasteiger partial charge in [0.2, 0.25) is 0 Å². The predicted molar refractivity (Wildman–Crippen MR) is 116 cm³/mol. The zero-order valence-electron chi connectivity index (χ0n) is 24.7. The molecule has 3 atom stereocenters. The molecule has 0 aromatic carbocycles. The summed E-state index contributed by atoms with van der Waals surface area (Å²) in [6, 6.07) is 0. The van der Waals surface area contributed by atoms with Crippen molar-refractivity contribution >= 4 is 22.1 Å². The number of halogens is 22. The predicted octanol–water partition coefficient (Wildman–Crippen LogP) is 5.48. The summed E-state index contributed by atoms with van der Waals surface area (Å²) in [7, 11) is -6.08. The molecule has 0 rings (SSSR count). The number of esters is 2. The molecule has 0 aliphatic heterocycles. The van der Waals surface area contributed by atoms with Crippen molar-refractivity contribution in [1.29, 1.82) is 0 Å². The molecule has 34 heteroatoms. The maximum absolute atomic E-state index is 14.0. The highest BCUT2D eigenvalue weighted by molar-refractivity contribution is 7.87. The van der Waals surface area contributed by atoms with Crippen molar-refractivity contribution in [3.63, 3.8) is 0 Å². The molecule has 11 nitrogen and oxygen atoms in total. The van der Waals surface area contributed by atoms with Crippen LogP contribution in [0.1, 0.15) is 6.42 Å². The summed E-state index contributed by atoms with van der Waals surface area (Å²) in [6.45, 7) is -12.6. The number of hydrogen-bond acceptors (Lipinski definition) is 11. The number of carbonyl (C=O) groups is 2. The first-order valence-corrected chi connectivity index (χ1v) is 14.0. The van der Waals surface area contributed by atoms with Crippen molar-refractivity contribution in [1.82, 2.24) is 0 Å². The summed E-state index contributed by atoms with van der Waals surface area (Å²) in [5, 5.41) is -3.26. The average Bonchev–Trinajstić information content (AvgIpc) is 2.91. The van der Waals surface area contributed by atoms with Crippen LogP contribution in [0.25, 0.3) is 0 Å². The third-order valence-electron chi connectivity index (χ3n) is 5.37. The molecular formula is C20H15F22O11S-. The van der Waals surface area contributed by atoms with Crippen molar-refractivity contribution in [2.75, 3.05) is 39.6 Å². The average molecular weight is 881 g/mol. The van der Waals surface area contributed by atoms with Crippen molar-refractivity contribution in [3.05, 3.63) is 0 Å². The summed E-state index contributed by atoms with van der Waals surface area (Å²) < 4.78 is 335. The van der Waals surface area contributed by atoms with Crippen LogP contribution in [0.3, 0.4) is 0 Å². The van der Waals surface area contributed by atoms with Crippen LogP contribution in [0.2, 0.25) is 0 Å². The van der Waals surface area contributed by atoms with E-state index in [-0.39, 0.29) is 0 Å². The SMILES string of the molecule is O=C(CC(C(=O)OCCOCC(F)(OC(F)(F)C(F)(F)C(F)(F)F)C(F)(F)F)S(=O)(=O)[O-])OCCOCC(F)(OC(F)(F)C(F)(F)C(F)(F)F)C(F)(F)F. The fraction of sp³-hybridized carbons (Fsp3) is 0.900. The Morgan fingerprint density at radius 3 is 1.09 bits per heavy atom. The second kappa shape index (κ2) is 16.7. The minimum Gasteiger partial charge on any atom is -0.747 e. The quantitative estimate of drug-likeness (QED) is 0.0664. The lowest BCUT2D eigenvalue weighted by atomic mass is 10.2. The van der Waals surface area contributed by atoms with E-state index in [2.05, 4.69) is 28.4 Å². The van der Waals surface area contributed by atoms with Gasteiger partial charge in [-0.2, -0.15) is 96.6 Å². The molecule has 0 aliphatic rings. The van der Waals surface area contributed by atoms with E-state index in [0.717, 1.165) is 0 Å². The summed E-state index contributed by atoms with van der Waals surface area (Å²) in [5.41, 5.74) is 0. The van der Waals surface area contributed by atoms with Crippen LogP contribution < -0.4 is 0 Å². The van der Waals surface area contributed by atoms with Crippen LogP contribution in [-0.4, -0.2) is 130 Å². The van der Waals surface area contributed by atoms with E-state index >= 15 is 0 Å². The number of ether oxygens (including phenoxy) is 6. The summed E-state index contributed by atoms with van der Waals surface area (Å²) >= 11 is 0. The molecule has 0 saturated carbocycles. The number of hydrogen-bond donors (Lipinski definition) is 0. The molecule has 0 aromatic heterocycles. The van der Waals surface area contributed by atoms with E-state index in [1.807, 2.05) is 0 Å². The zero-order valence-corrected chi connectivity index (χ0v) is 25.6. The van der Waals surface area contributed by atoms with Crippen LogP contribution in [0, 0.1) is 0 Å². The van der Waals surface area contributed by atoms with Gasteiger partial charge in [0, 0.05) is 0 Å². The fourth-order valence-electron chi connectivity index (χ4n) is 2.63. The molecule has 0 aromatic rings. The van der Waals surface area contributed by atoms with Gasteiger partial charge >= 0.3 is 72.4 Å². The summed E-state index contributed by atoms with van der Waals surface area (Å²) in [6.07, 6.45) is -44.8. The lowest BCUT2D eigenvalue weighted by Gasteiger charge is -2.34. The van der Waals surface area contributed by atoms with Crippen molar-refractivity contribution in [2.24, 2.45) is 0 Å². The number of alkyl halides is 22. The Labute approximate surface area is 282 Å². The molecule has 0 N–H and O–H groups in total. The molecule has 0 heterocycles. The lowest BCUT2D eigenvalue weighted by Crippen LogP contribution is -2.60. The van der Waals surface area contributed by atoms with E-state index in [0.29, 0.717) is 0 Å². The molecule has 322 valence electrons. The Morgan fingerprint density at radius 1 is 0.500 bits per heavy atom. The van der Waals surface area contributed by atoms with Gasteiger partial charge < -0.3 is 23.5 Å². The fourth-order valence-corrected chi connectivity index (χ4v) is 3.28. The Morgan fingerprint density at radius 2 is 0.815 bits per heavy atom. The highest BCUT2D eigenvalue weighted by Crippen LogP contribution is 2.52. The molecule has 0 bridgehead atoms.